The summed E-state index contributed by atoms with van der Waals surface area (Å²) in [5.74, 6) is 1.82. The van der Waals surface area contributed by atoms with E-state index in [2.05, 4.69) is 30.8 Å². The number of carbonyl (C=O) groups is 1. The number of nitrogens with zero attached hydrogens (tertiary/aromatic N) is 3. The van der Waals surface area contributed by atoms with Crippen molar-refractivity contribution >= 4 is 5.91 Å². The van der Waals surface area contributed by atoms with Crippen LogP contribution in [0, 0.1) is 17.8 Å². The van der Waals surface area contributed by atoms with Gasteiger partial charge in [0.2, 0.25) is 0 Å². The maximum atomic E-state index is 13.5. The summed E-state index contributed by atoms with van der Waals surface area (Å²) in [5.41, 5.74) is 1.37. The lowest BCUT2D eigenvalue weighted by Gasteiger charge is -2.60. The Morgan fingerprint density at radius 1 is 1.19 bits per heavy atom. The molecule has 4 fully saturated rings. The molecule has 1 N–H and O–H groups in total. The quantitative estimate of drug-likeness (QED) is 0.841. The van der Waals surface area contributed by atoms with E-state index >= 15 is 0 Å². The van der Waals surface area contributed by atoms with Gasteiger partial charge in [0.15, 0.2) is 0 Å². The van der Waals surface area contributed by atoms with Crippen molar-refractivity contribution in [2.24, 2.45) is 17.8 Å². The molecule has 2 heterocycles. The number of rotatable bonds is 1. The third-order valence-electron chi connectivity index (χ3n) is 7.36. The molecule has 1 aliphatic heterocycles. The first kappa shape index (κ1) is 16.8. The third-order valence-corrected chi connectivity index (χ3v) is 7.36. The molecule has 5 nitrogen and oxygen atoms in total. The molecular formula is C21H31N3O2. The lowest BCUT2D eigenvalue weighted by atomic mass is 9.52. The second-order valence-corrected chi connectivity index (χ2v) is 10.4. The average molecular weight is 357 g/mol. The molecule has 4 aliphatic carbocycles. The highest BCUT2D eigenvalue weighted by molar-refractivity contribution is 5.95. The zero-order valence-corrected chi connectivity index (χ0v) is 16.2. The minimum absolute atomic E-state index is 0.102. The summed E-state index contributed by atoms with van der Waals surface area (Å²) in [5, 5.41) is 15.4. The van der Waals surface area contributed by atoms with E-state index in [1.165, 1.54) is 12.8 Å². The second-order valence-electron chi connectivity index (χ2n) is 10.4. The Morgan fingerprint density at radius 3 is 2.50 bits per heavy atom. The van der Waals surface area contributed by atoms with E-state index in [-0.39, 0.29) is 11.4 Å². The van der Waals surface area contributed by atoms with Crippen molar-refractivity contribution in [3.8, 4) is 0 Å². The molecule has 5 aliphatic rings. The van der Waals surface area contributed by atoms with Crippen molar-refractivity contribution in [3.05, 3.63) is 17.5 Å². The van der Waals surface area contributed by atoms with Crippen LogP contribution in [0.5, 0.6) is 0 Å². The molecular weight excluding hydrogens is 326 g/mol. The van der Waals surface area contributed by atoms with E-state index in [0.717, 1.165) is 49.9 Å². The van der Waals surface area contributed by atoms with Gasteiger partial charge < -0.3 is 10.0 Å². The van der Waals surface area contributed by atoms with E-state index in [4.69, 9.17) is 0 Å². The standard InChI is InChI=1S/C21H31N3O2/c1-20(2,3)24-17-5-4-6-23(19(25)16(17)12-22-24)18-14-7-13-8-15(18)11-21(26,9-13)10-14/h12-15,18,26H,4-11H2,1-3H3/t13?,14-,15+,18?,21?. The predicted molar refractivity (Wildman–Crippen MR) is 98.9 cm³/mol. The zero-order valence-electron chi connectivity index (χ0n) is 16.2. The van der Waals surface area contributed by atoms with E-state index in [1.54, 1.807) is 6.20 Å². The largest absolute Gasteiger partial charge is 0.390 e. The summed E-state index contributed by atoms with van der Waals surface area (Å²) in [7, 11) is 0. The first-order valence-corrected chi connectivity index (χ1v) is 10.4. The number of fused-ring (bicyclic) bond motifs is 1. The van der Waals surface area contributed by atoms with Gasteiger partial charge in [-0.2, -0.15) is 5.10 Å². The lowest BCUT2D eigenvalue weighted by molar-refractivity contribution is -0.154. The van der Waals surface area contributed by atoms with Gasteiger partial charge in [0.05, 0.1) is 28.6 Å². The normalized spacial score (nSPS) is 39.2. The van der Waals surface area contributed by atoms with Gasteiger partial charge in [0, 0.05) is 12.6 Å². The first-order chi connectivity index (χ1) is 12.3. The van der Waals surface area contributed by atoms with Crippen LogP contribution in [-0.2, 0) is 12.0 Å². The molecule has 4 bridgehead atoms. The van der Waals surface area contributed by atoms with Crippen molar-refractivity contribution in [2.45, 2.75) is 82.9 Å². The molecule has 1 aromatic heterocycles. The smallest absolute Gasteiger partial charge is 0.257 e. The Kier molecular flexibility index (Phi) is 3.45. The van der Waals surface area contributed by atoms with Gasteiger partial charge in [-0.05, 0) is 83.5 Å². The number of hydrogen-bond donors (Lipinski definition) is 1. The van der Waals surface area contributed by atoms with Gasteiger partial charge in [-0.25, -0.2) is 0 Å². The Hall–Kier alpha value is -1.36. The lowest BCUT2D eigenvalue weighted by Crippen LogP contribution is -2.62. The number of aromatic nitrogens is 2. The fourth-order valence-corrected chi connectivity index (χ4v) is 6.79. The topological polar surface area (TPSA) is 58.4 Å². The number of carbonyl (C=O) groups excluding carboxylic acids is 1. The molecule has 6 rings (SSSR count). The van der Waals surface area contributed by atoms with Gasteiger partial charge in [0.1, 0.15) is 0 Å². The maximum Gasteiger partial charge on any atom is 0.257 e. The molecule has 3 unspecified atom stereocenters. The van der Waals surface area contributed by atoms with Crippen LogP contribution in [0.25, 0.3) is 0 Å². The summed E-state index contributed by atoms with van der Waals surface area (Å²) in [6.07, 6.45) is 8.88. The number of amides is 1. The molecule has 4 saturated carbocycles. The zero-order chi connectivity index (χ0) is 18.3. The fourth-order valence-electron chi connectivity index (χ4n) is 6.79. The molecule has 5 atom stereocenters. The summed E-state index contributed by atoms with van der Waals surface area (Å²) in [6.45, 7) is 7.28. The van der Waals surface area contributed by atoms with Crippen molar-refractivity contribution < 1.29 is 9.90 Å². The molecule has 0 radical (unpaired) electrons. The van der Waals surface area contributed by atoms with Crippen molar-refractivity contribution in [1.29, 1.82) is 0 Å². The second kappa shape index (κ2) is 5.34. The van der Waals surface area contributed by atoms with Crippen molar-refractivity contribution in [2.75, 3.05) is 6.54 Å². The Bertz CT molecular complexity index is 731. The van der Waals surface area contributed by atoms with Crippen LogP contribution in [0.3, 0.4) is 0 Å². The molecule has 0 spiro atoms. The van der Waals surface area contributed by atoms with Crippen LogP contribution in [0.15, 0.2) is 6.20 Å². The molecule has 0 saturated heterocycles. The van der Waals surface area contributed by atoms with E-state index in [1.807, 2.05) is 4.68 Å². The Balaban J connectivity index is 1.48. The van der Waals surface area contributed by atoms with Crippen LogP contribution in [0.2, 0.25) is 0 Å². The van der Waals surface area contributed by atoms with Crippen molar-refractivity contribution in [3.63, 3.8) is 0 Å². The van der Waals surface area contributed by atoms with Crippen LogP contribution in [-0.4, -0.2) is 43.9 Å². The molecule has 0 aromatic carbocycles. The van der Waals surface area contributed by atoms with Gasteiger partial charge in [-0.15, -0.1) is 0 Å². The van der Waals surface area contributed by atoms with E-state index < -0.39 is 5.60 Å². The summed E-state index contributed by atoms with van der Waals surface area (Å²) in [6, 6.07) is 0.322. The third kappa shape index (κ3) is 2.39. The highest BCUT2D eigenvalue weighted by Gasteiger charge is 2.57. The molecule has 5 heteroatoms. The highest BCUT2D eigenvalue weighted by Crippen LogP contribution is 2.57. The molecule has 26 heavy (non-hydrogen) atoms. The van der Waals surface area contributed by atoms with Crippen LogP contribution < -0.4 is 0 Å². The molecule has 1 aromatic rings. The monoisotopic (exact) mass is 357 g/mol. The molecule has 142 valence electrons. The van der Waals surface area contributed by atoms with Crippen LogP contribution in [0.1, 0.15) is 75.3 Å². The Labute approximate surface area is 155 Å². The number of hydrogen-bond acceptors (Lipinski definition) is 3. The summed E-state index contributed by atoms with van der Waals surface area (Å²) in [4.78, 5) is 15.7. The van der Waals surface area contributed by atoms with Crippen LogP contribution >= 0.6 is 0 Å². The summed E-state index contributed by atoms with van der Waals surface area (Å²) >= 11 is 0. The number of aliphatic hydroxyl groups is 1. The minimum atomic E-state index is -0.440. The van der Waals surface area contributed by atoms with Gasteiger partial charge >= 0.3 is 0 Å². The van der Waals surface area contributed by atoms with Gasteiger partial charge in [0.25, 0.3) is 5.91 Å². The fraction of sp³-hybridized carbons (Fsp3) is 0.810. The van der Waals surface area contributed by atoms with E-state index in [0.29, 0.717) is 23.8 Å². The Morgan fingerprint density at radius 2 is 1.88 bits per heavy atom. The van der Waals surface area contributed by atoms with Crippen molar-refractivity contribution in [1.82, 2.24) is 14.7 Å². The predicted octanol–water partition coefficient (Wildman–Crippen LogP) is 2.97. The van der Waals surface area contributed by atoms with Gasteiger partial charge in [-0.3, -0.25) is 9.48 Å². The maximum absolute atomic E-state index is 13.5. The van der Waals surface area contributed by atoms with Gasteiger partial charge in [-0.1, -0.05) is 0 Å². The van der Waals surface area contributed by atoms with Crippen LogP contribution in [0.4, 0.5) is 0 Å². The minimum Gasteiger partial charge on any atom is -0.390 e. The summed E-state index contributed by atoms with van der Waals surface area (Å²) < 4.78 is 2.04. The average Bonchev–Trinajstić information content (AvgIpc) is 2.88. The SMILES string of the molecule is CC(C)(C)n1ncc2c1CCCN(C1[C@@H]3CC4C[C@H]1CC(O)(C4)C3)C2=O. The molecule has 1 amide bonds. The first-order valence-electron chi connectivity index (χ1n) is 10.4. The highest BCUT2D eigenvalue weighted by atomic mass is 16.3. The van der Waals surface area contributed by atoms with E-state index in [9.17, 15) is 9.90 Å².